The molecule has 0 aromatic heterocycles. The Morgan fingerprint density at radius 1 is 0.938 bits per heavy atom. The second-order valence-corrected chi connectivity index (χ2v) is 13.9. The van der Waals surface area contributed by atoms with E-state index in [2.05, 4.69) is 16.7 Å². The maximum absolute atomic E-state index is 14.1. The van der Waals surface area contributed by atoms with Crippen LogP contribution >= 0.6 is 0 Å². The van der Waals surface area contributed by atoms with Crippen LogP contribution in [0.1, 0.15) is 37.8 Å². The van der Waals surface area contributed by atoms with E-state index in [0.29, 0.717) is 31.3 Å². The van der Waals surface area contributed by atoms with Crippen LogP contribution in [0, 0.1) is 18.3 Å². The Balaban J connectivity index is 1.62. The molecule has 0 saturated heterocycles. The fourth-order valence-electron chi connectivity index (χ4n) is 5.32. The van der Waals surface area contributed by atoms with Gasteiger partial charge >= 0.3 is 0 Å². The number of hydrogen-bond acceptors (Lipinski definition) is 8. The number of aliphatic hydroxyl groups is 1. The predicted octanol–water partition coefficient (Wildman–Crippen LogP) is 3.14. The first-order valence-corrected chi connectivity index (χ1v) is 17.4. The van der Waals surface area contributed by atoms with E-state index in [0.717, 1.165) is 16.1 Å². The van der Waals surface area contributed by atoms with Gasteiger partial charge in [0.05, 0.1) is 23.6 Å². The monoisotopic (exact) mass is 676 g/mol. The smallest absolute Gasteiger partial charge is 0.252 e. The van der Waals surface area contributed by atoms with Crippen molar-refractivity contribution in [2.75, 3.05) is 32.8 Å². The summed E-state index contributed by atoms with van der Waals surface area (Å²) in [7, 11) is -4.14. The minimum atomic E-state index is -4.14. The van der Waals surface area contributed by atoms with Crippen LogP contribution in [0.25, 0.3) is 0 Å². The second kappa shape index (κ2) is 17.7. The van der Waals surface area contributed by atoms with Gasteiger partial charge in [-0.3, -0.25) is 15.0 Å². The number of carbonyl (C=O) groups excluding carboxylic acids is 2. The van der Waals surface area contributed by atoms with E-state index in [9.17, 15) is 23.1 Å². The molecular weight excluding hydrogens is 632 g/mol. The second-order valence-electron chi connectivity index (χ2n) is 11.9. The molecule has 0 unspecified atom stereocenters. The number of nitrogens with zero attached hydrogens (tertiary/aromatic N) is 2. The first kappa shape index (κ1) is 36.4. The number of nitrogens with one attached hydrogen (secondary N) is 2. The van der Waals surface area contributed by atoms with Gasteiger partial charge in [-0.25, -0.2) is 13.4 Å². The van der Waals surface area contributed by atoms with Crippen molar-refractivity contribution in [1.29, 1.82) is 0 Å². The van der Waals surface area contributed by atoms with Crippen molar-refractivity contribution in [3.8, 4) is 23.8 Å². The summed E-state index contributed by atoms with van der Waals surface area (Å²) in [4.78, 5) is 26.8. The third kappa shape index (κ3) is 10.3. The Morgan fingerprint density at radius 3 is 2.23 bits per heavy atom. The number of fused-ring (bicyclic) bond motifs is 1. The van der Waals surface area contributed by atoms with Crippen LogP contribution in [0.4, 0.5) is 0 Å². The Bertz CT molecular complexity index is 1650. The molecule has 1 heterocycles. The molecule has 256 valence electrons. The lowest BCUT2D eigenvalue weighted by molar-refractivity contribution is -0.147. The number of carbonyl (C=O) groups is 2. The van der Waals surface area contributed by atoms with E-state index in [4.69, 9.17) is 15.9 Å². The van der Waals surface area contributed by atoms with Crippen molar-refractivity contribution in [3.63, 3.8) is 0 Å². The maximum Gasteiger partial charge on any atom is 0.252 e. The van der Waals surface area contributed by atoms with Crippen LogP contribution in [0.3, 0.4) is 0 Å². The molecule has 0 fully saturated rings. The summed E-state index contributed by atoms with van der Waals surface area (Å²) in [5.74, 6) is 2.12. The van der Waals surface area contributed by atoms with E-state index in [-0.39, 0.29) is 49.7 Å². The standard InChI is InChI=1S/C36H44N4O7S/c1-4-5-16-36(43)40(38-35(42)24-37-23-29-14-10-7-11-15-29)31(21-28-12-8-6-9-13-28)32(41)26-39(25-27(2)3)48(44,45)30-17-18-33-34(22-30)47-20-19-46-33/h1,6-15,17-18,22,27,31-32,37,41H,5,16,19-21,23-26H2,2-3H3,(H,38,42)/t31-,32+/m0/s1. The topological polar surface area (TPSA) is 138 Å². The van der Waals surface area contributed by atoms with Gasteiger partial charge in [0.25, 0.3) is 5.91 Å². The van der Waals surface area contributed by atoms with Crippen LogP contribution in [0.15, 0.2) is 83.8 Å². The number of hydrazine groups is 1. The molecule has 11 nitrogen and oxygen atoms in total. The summed E-state index contributed by atoms with van der Waals surface area (Å²) in [5, 5.41) is 16.1. The zero-order valence-corrected chi connectivity index (χ0v) is 28.2. The number of terminal acetylenes is 1. The number of rotatable bonds is 16. The summed E-state index contributed by atoms with van der Waals surface area (Å²) in [6.45, 7) is 4.46. The highest BCUT2D eigenvalue weighted by atomic mass is 32.2. The van der Waals surface area contributed by atoms with E-state index in [1.165, 1.54) is 16.4 Å². The SMILES string of the molecule is C#CCCC(=O)N(NC(=O)CNCc1ccccc1)[C@@H](Cc1ccccc1)[C@H](O)CN(CC(C)C)S(=O)(=O)c1ccc2c(c1)OCCO2. The number of hydrogen-bond donors (Lipinski definition) is 3. The van der Waals surface area contributed by atoms with Gasteiger partial charge in [-0.15, -0.1) is 12.3 Å². The molecule has 0 aliphatic carbocycles. The van der Waals surface area contributed by atoms with Gasteiger partial charge in [-0.05, 0) is 35.6 Å². The summed E-state index contributed by atoms with van der Waals surface area (Å²) < 4.78 is 40.5. The Labute approximate surface area is 283 Å². The Morgan fingerprint density at radius 2 is 1.58 bits per heavy atom. The predicted molar refractivity (Wildman–Crippen MR) is 182 cm³/mol. The molecule has 3 N–H and O–H groups in total. The van der Waals surface area contributed by atoms with Gasteiger partial charge in [0.2, 0.25) is 15.9 Å². The number of sulfonamides is 1. The van der Waals surface area contributed by atoms with Gasteiger partial charge in [-0.1, -0.05) is 74.5 Å². The number of aliphatic hydroxyl groups excluding tert-OH is 1. The lowest BCUT2D eigenvalue weighted by Gasteiger charge is -2.37. The molecule has 2 amide bonds. The molecule has 4 rings (SSSR count). The molecule has 3 aromatic rings. The number of benzene rings is 3. The van der Waals surface area contributed by atoms with Gasteiger partial charge in [0, 0.05) is 38.5 Å². The largest absolute Gasteiger partial charge is 0.486 e. The van der Waals surface area contributed by atoms with Crippen molar-refractivity contribution in [3.05, 3.63) is 90.0 Å². The quantitative estimate of drug-likeness (QED) is 0.156. The highest BCUT2D eigenvalue weighted by molar-refractivity contribution is 7.89. The first-order chi connectivity index (χ1) is 23.1. The van der Waals surface area contributed by atoms with Crippen molar-refractivity contribution in [1.82, 2.24) is 20.1 Å². The number of amides is 2. The lowest BCUT2D eigenvalue weighted by Crippen LogP contribution is -2.60. The molecule has 0 saturated carbocycles. The third-order valence-electron chi connectivity index (χ3n) is 7.63. The zero-order chi connectivity index (χ0) is 34.5. The van der Waals surface area contributed by atoms with Gasteiger partial charge in [0.15, 0.2) is 11.5 Å². The summed E-state index contributed by atoms with van der Waals surface area (Å²) in [5.41, 5.74) is 4.44. The molecule has 0 radical (unpaired) electrons. The highest BCUT2D eigenvalue weighted by Gasteiger charge is 2.36. The van der Waals surface area contributed by atoms with Crippen LogP contribution in [0.2, 0.25) is 0 Å². The minimum Gasteiger partial charge on any atom is -0.486 e. The van der Waals surface area contributed by atoms with Crippen molar-refractivity contribution < 1.29 is 32.6 Å². The lowest BCUT2D eigenvalue weighted by atomic mass is 9.99. The molecule has 2 atom stereocenters. The van der Waals surface area contributed by atoms with Gasteiger partial charge in [0.1, 0.15) is 13.2 Å². The van der Waals surface area contributed by atoms with E-state index in [1.807, 2.05) is 74.5 Å². The molecule has 12 heteroatoms. The van der Waals surface area contributed by atoms with Crippen LogP contribution in [0.5, 0.6) is 11.5 Å². The highest BCUT2D eigenvalue weighted by Crippen LogP contribution is 2.33. The van der Waals surface area contributed by atoms with Crippen LogP contribution < -0.4 is 20.2 Å². The van der Waals surface area contributed by atoms with Gasteiger partial charge in [-0.2, -0.15) is 4.31 Å². The van der Waals surface area contributed by atoms with Gasteiger partial charge < -0.3 is 19.9 Å². The summed E-state index contributed by atoms with van der Waals surface area (Å²) >= 11 is 0. The fourth-order valence-corrected chi connectivity index (χ4v) is 6.95. The van der Waals surface area contributed by atoms with Crippen LogP contribution in [-0.2, 0) is 32.6 Å². The molecule has 0 bridgehead atoms. The maximum atomic E-state index is 14.1. The molecule has 0 spiro atoms. The summed E-state index contributed by atoms with van der Waals surface area (Å²) in [6.07, 6.45) is 4.20. The van der Waals surface area contributed by atoms with E-state index in [1.54, 1.807) is 6.07 Å². The number of ether oxygens (including phenoxy) is 2. The van der Waals surface area contributed by atoms with E-state index >= 15 is 0 Å². The fraction of sp³-hybridized carbons (Fsp3) is 0.389. The van der Waals surface area contributed by atoms with Crippen molar-refractivity contribution in [2.24, 2.45) is 5.92 Å². The first-order valence-electron chi connectivity index (χ1n) is 16.0. The average molecular weight is 677 g/mol. The van der Waals surface area contributed by atoms with Crippen molar-refractivity contribution >= 4 is 21.8 Å². The molecule has 1 aliphatic rings. The van der Waals surface area contributed by atoms with Crippen LogP contribution in [-0.4, -0.2) is 79.6 Å². The minimum absolute atomic E-state index is 0.0149. The molecule has 1 aliphatic heterocycles. The van der Waals surface area contributed by atoms with E-state index < -0.39 is 34.0 Å². The normalized spacial score (nSPS) is 13.8. The van der Waals surface area contributed by atoms with Crippen molar-refractivity contribution in [2.45, 2.75) is 56.7 Å². The Kier molecular flexibility index (Phi) is 13.4. The summed E-state index contributed by atoms with van der Waals surface area (Å²) in [6, 6.07) is 22.1. The molecular formula is C36H44N4O7S. The molecule has 3 aromatic carbocycles. The molecule has 48 heavy (non-hydrogen) atoms. The Hall–Kier alpha value is -4.41. The average Bonchev–Trinajstić information content (AvgIpc) is 3.08. The third-order valence-corrected chi connectivity index (χ3v) is 9.46. The zero-order valence-electron chi connectivity index (χ0n) is 27.4.